The number of pyridine rings is 1. The number of rotatable bonds is 10. The third kappa shape index (κ3) is 5.68. The average Bonchev–Trinajstić information content (AvgIpc) is 3.55. The van der Waals surface area contributed by atoms with Crippen LogP contribution in [0.2, 0.25) is 0 Å². The molecule has 0 saturated heterocycles. The lowest BCUT2D eigenvalue weighted by atomic mass is 10.1. The van der Waals surface area contributed by atoms with E-state index < -0.39 is 5.91 Å². The smallest absolute Gasteiger partial charge is 0.276 e. The van der Waals surface area contributed by atoms with Gasteiger partial charge in [0.15, 0.2) is 0 Å². The monoisotopic (exact) mass is 566 g/mol. The van der Waals surface area contributed by atoms with Crippen molar-refractivity contribution in [3.05, 3.63) is 89.4 Å². The van der Waals surface area contributed by atoms with Crippen molar-refractivity contribution in [1.29, 1.82) is 0 Å². The van der Waals surface area contributed by atoms with Crippen LogP contribution in [0.4, 0.5) is 5.95 Å². The second kappa shape index (κ2) is 11.9. The number of anilines is 1. The van der Waals surface area contributed by atoms with Crippen LogP contribution in [0, 0.1) is 6.92 Å². The minimum absolute atomic E-state index is 0.213. The molecule has 0 fully saturated rings. The van der Waals surface area contributed by atoms with Gasteiger partial charge in [-0.2, -0.15) is 5.10 Å². The zero-order valence-electron chi connectivity index (χ0n) is 23.4. The number of aromatic nitrogens is 5. The standard InChI is InChI=1S/C30H30N8O4/c1-4-38-24(14-18(2)36-38)29(41)35-30-34-23-16-21(27(31)39)17-25(42-3)26(23)37(30)13-6-5-11-33-28(40)20-9-10-22-19(15-20)8-7-12-32-22/h5-10,12,14-17H,4,11,13H2,1-3H3,(H2,31,39)(H,33,40)(H,34,35,41)/b6-5+. The van der Waals surface area contributed by atoms with Crippen molar-refractivity contribution in [2.45, 2.75) is 26.9 Å². The normalized spacial score (nSPS) is 11.3. The van der Waals surface area contributed by atoms with Crippen LogP contribution in [0.25, 0.3) is 21.9 Å². The Morgan fingerprint density at radius 2 is 1.86 bits per heavy atom. The molecular weight excluding hydrogens is 536 g/mol. The van der Waals surface area contributed by atoms with Gasteiger partial charge in [-0.05, 0) is 56.3 Å². The van der Waals surface area contributed by atoms with E-state index in [9.17, 15) is 14.4 Å². The zero-order valence-corrected chi connectivity index (χ0v) is 23.4. The van der Waals surface area contributed by atoms with Crippen LogP contribution in [-0.2, 0) is 13.1 Å². The molecule has 5 aromatic rings. The Hall–Kier alpha value is -5.52. The number of nitrogens with zero attached hydrogens (tertiary/aromatic N) is 5. The number of fused-ring (bicyclic) bond motifs is 2. The largest absolute Gasteiger partial charge is 0.494 e. The van der Waals surface area contributed by atoms with Crippen LogP contribution < -0.4 is 21.1 Å². The number of nitrogens with one attached hydrogen (secondary N) is 2. The number of aryl methyl sites for hydroxylation is 2. The summed E-state index contributed by atoms with van der Waals surface area (Å²) in [4.78, 5) is 46.7. The molecule has 5 rings (SSSR count). The van der Waals surface area contributed by atoms with Gasteiger partial charge in [0.25, 0.3) is 11.8 Å². The van der Waals surface area contributed by atoms with E-state index in [1.54, 1.807) is 45.8 Å². The topological polar surface area (TPSA) is 159 Å². The molecule has 4 N–H and O–H groups in total. The zero-order chi connectivity index (χ0) is 29.8. The number of carbonyl (C=O) groups is 3. The predicted molar refractivity (Wildman–Crippen MR) is 159 cm³/mol. The van der Waals surface area contributed by atoms with E-state index >= 15 is 0 Å². The fourth-order valence-corrected chi connectivity index (χ4v) is 4.67. The van der Waals surface area contributed by atoms with Crippen molar-refractivity contribution in [2.75, 3.05) is 19.0 Å². The molecule has 214 valence electrons. The Morgan fingerprint density at radius 1 is 1.02 bits per heavy atom. The number of nitrogens with two attached hydrogens (primary N) is 1. The Kier molecular flexibility index (Phi) is 7.96. The number of methoxy groups -OCH3 is 1. The van der Waals surface area contributed by atoms with Crippen molar-refractivity contribution in [1.82, 2.24) is 29.6 Å². The first-order valence-electron chi connectivity index (χ1n) is 13.3. The van der Waals surface area contributed by atoms with Gasteiger partial charge in [0.05, 0.1) is 23.8 Å². The highest BCUT2D eigenvalue weighted by molar-refractivity contribution is 6.04. The summed E-state index contributed by atoms with van der Waals surface area (Å²) < 4.78 is 8.92. The first-order valence-corrected chi connectivity index (χ1v) is 13.3. The third-order valence-corrected chi connectivity index (χ3v) is 6.67. The van der Waals surface area contributed by atoms with Gasteiger partial charge in [0.1, 0.15) is 17.0 Å². The van der Waals surface area contributed by atoms with E-state index in [4.69, 9.17) is 10.5 Å². The van der Waals surface area contributed by atoms with Crippen LogP contribution in [0.3, 0.4) is 0 Å². The van der Waals surface area contributed by atoms with Crippen molar-refractivity contribution in [3.8, 4) is 5.75 Å². The summed E-state index contributed by atoms with van der Waals surface area (Å²) in [6.45, 7) is 4.79. The van der Waals surface area contributed by atoms with E-state index in [-0.39, 0.29) is 36.4 Å². The number of amides is 3. The lowest BCUT2D eigenvalue weighted by molar-refractivity contribution is 0.0955. The fraction of sp³-hybridized carbons (Fsp3) is 0.200. The van der Waals surface area contributed by atoms with Gasteiger partial charge in [-0.25, -0.2) is 4.98 Å². The van der Waals surface area contributed by atoms with Crippen molar-refractivity contribution >= 4 is 45.6 Å². The molecule has 0 atom stereocenters. The molecule has 3 aromatic heterocycles. The first kappa shape index (κ1) is 28.0. The van der Waals surface area contributed by atoms with E-state index in [1.165, 1.54) is 13.2 Å². The number of hydrogen-bond acceptors (Lipinski definition) is 7. The van der Waals surface area contributed by atoms with Crippen LogP contribution in [0.1, 0.15) is 43.8 Å². The maximum atomic E-state index is 13.2. The number of allylic oxidation sites excluding steroid dienone is 1. The van der Waals surface area contributed by atoms with Crippen LogP contribution in [-0.4, -0.2) is 55.7 Å². The van der Waals surface area contributed by atoms with Gasteiger partial charge in [-0.1, -0.05) is 18.2 Å². The summed E-state index contributed by atoms with van der Waals surface area (Å²) in [7, 11) is 1.48. The molecular formula is C30H30N8O4. The Labute approximate surface area is 241 Å². The van der Waals surface area contributed by atoms with Gasteiger partial charge < -0.3 is 20.4 Å². The fourth-order valence-electron chi connectivity index (χ4n) is 4.67. The highest BCUT2D eigenvalue weighted by atomic mass is 16.5. The first-order chi connectivity index (χ1) is 20.3. The Morgan fingerprint density at radius 3 is 2.62 bits per heavy atom. The molecule has 0 aliphatic rings. The molecule has 3 amide bonds. The summed E-state index contributed by atoms with van der Waals surface area (Å²) in [5, 5.41) is 11.0. The summed E-state index contributed by atoms with van der Waals surface area (Å²) in [6.07, 6.45) is 5.35. The van der Waals surface area contributed by atoms with E-state index in [0.29, 0.717) is 40.3 Å². The number of primary amides is 1. The maximum absolute atomic E-state index is 13.2. The third-order valence-electron chi connectivity index (χ3n) is 6.67. The van der Waals surface area contributed by atoms with E-state index in [0.717, 1.165) is 10.9 Å². The van der Waals surface area contributed by atoms with E-state index in [1.807, 2.05) is 38.1 Å². The molecule has 2 aromatic carbocycles. The molecule has 42 heavy (non-hydrogen) atoms. The Bertz CT molecular complexity index is 1850. The van der Waals surface area contributed by atoms with Crippen LogP contribution in [0.5, 0.6) is 5.75 Å². The lowest BCUT2D eigenvalue weighted by Gasteiger charge is -2.11. The van der Waals surface area contributed by atoms with Crippen LogP contribution >= 0.6 is 0 Å². The number of carbonyl (C=O) groups excluding carboxylic acids is 3. The molecule has 0 saturated carbocycles. The number of benzene rings is 2. The predicted octanol–water partition coefficient (Wildman–Crippen LogP) is 3.46. The highest BCUT2D eigenvalue weighted by Gasteiger charge is 2.21. The molecule has 12 nitrogen and oxygen atoms in total. The van der Waals surface area contributed by atoms with Crippen molar-refractivity contribution in [2.24, 2.45) is 5.73 Å². The highest BCUT2D eigenvalue weighted by Crippen LogP contribution is 2.31. The van der Waals surface area contributed by atoms with E-state index in [2.05, 4.69) is 25.7 Å². The van der Waals surface area contributed by atoms with Crippen molar-refractivity contribution < 1.29 is 19.1 Å². The van der Waals surface area contributed by atoms with Gasteiger partial charge in [-0.3, -0.25) is 29.4 Å². The van der Waals surface area contributed by atoms with Gasteiger partial charge >= 0.3 is 0 Å². The second-order valence-corrected chi connectivity index (χ2v) is 9.49. The number of hydrogen-bond donors (Lipinski definition) is 3. The average molecular weight is 567 g/mol. The Balaban J connectivity index is 1.38. The SMILES string of the molecule is CCn1nc(C)cc1C(=O)Nc1nc2cc(C(N)=O)cc(OC)c2n1C/C=C/CNC(=O)c1ccc2ncccc2c1. The molecule has 0 aliphatic heterocycles. The quantitative estimate of drug-likeness (QED) is 0.218. The summed E-state index contributed by atoms with van der Waals surface area (Å²) >= 11 is 0. The number of imidazole rings is 1. The second-order valence-electron chi connectivity index (χ2n) is 9.49. The van der Waals surface area contributed by atoms with Gasteiger partial charge in [-0.15, -0.1) is 0 Å². The lowest BCUT2D eigenvalue weighted by Crippen LogP contribution is -2.23. The molecule has 0 bridgehead atoms. The molecule has 0 radical (unpaired) electrons. The minimum Gasteiger partial charge on any atom is -0.494 e. The van der Waals surface area contributed by atoms with Crippen molar-refractivity contribution in [3.63, 3.8) is 0 Å². The molecule has 3 heterocycles. The minimum atomic E-state index is -0.629. The van der Waals surface area contributed by atoms with Gasteiger partial charge in [0.2, 0.25) is 11.9 Å². The molecule has 0 unspecified atom stereocenters. The summed E-state index contributed by atoms with van der Waals surface area (Å²) in [5.41, 5.74) is 9.19. The van der Waals surface area contributed by atoms with Gasteiger partial charge in [0, 0.05) is 42.3 Å². The molecule has 0 aliphatic carbocycles. The molecule has 12 heteroatoms. The molecule has 0 spiro atoms. The summed E-state index contributed by atoms with van der Waals surface area (Å²) in [6, 6.07) is 13.9. The number of ether oxygens (including phenoxy) is 1. The summed E-state index contributed by atoms with van der Waals surface area (Å²) in [5.74, 6) is -0.609. The van der Waals surface area contributed by atoms with Crippen LogP contribution in [0.15, 0.2) is 66.9 Å². The maximum Gasteiger partial charge on any atom is 0.276 e.